The molecule has 47 heavy (non-hydrogen) atoms. The zero-order chi connectivity index (χ0) is 32.0. The molecule has 1 unspecified atom stereocenters. The molecular formula is C40H33P2S5+. The van der Waals surface area contributed by atoms with E-state index in [0.717, 1.165) is 19.0 Å². The van der Waals surface area contributed by atoms with Crippen molar-refractivity contribution >= 4 is 78.9 Å². The van der Waals surface area contributed by atoms with E-state index in [1.165, 1.54) is 69.8 Å². The zero-order valence-electron chi connectivity index (χ0n) is 25.9. The van der Waals surface area contributed by atoms with Crippen molar-refractivity contribution < 1.29 is 0 Å². The van der Waals surface area contributed by atoms with Crippen LogP contribution in [0.5, 0.6) is 0 Å². The van der Waals surface area contributed by atoms with Crippen molar-refractivity contribution in [3.05, 3.63) is 151 Å². The topological polar surface area (TPSA) is 0 Å². The fraction of sp³-hybridized carbons (Fsp3) is 0.100. The number of rotatable bonds is 5. The average molecular weight is 736 g/mol. The molecule has 6 aromatic rings. The summed E-state index contributed by atoms with van der Waals surface area (Å²) in [6.07, 6.45) is 3.34. The predicted molar refractivity (Wildman–Crippen MR) is 221 cm³/mol. The smallest absolute Gasteiger partial charge is 0.0833 e. The maximum absolute atomic E-state index is 6.58. The second-order valence-electron chi connectivity index (χ2n) is 12.1. The maximum Gasteiger partial charge on any atom is 0.230 e. The van der Waals surface area contributed by atoms with Crippen LogP contribution in [0.2, 0.25) is 0 Å². The summed E-state index contributed by atoms with van der Waals surface area (Å²) >= 11 is 17.8. The average Bonchev–Trinajstić information content (AvgIpc) is 3.36. The third kappa shape index (κ3) is 6.59. The van der Waals surface area contributed by atoms with Crippen molar-refractivity contribution in [2.75, 3.05) is 6.16 Å². The molecule has 0 amide bonds. The minimum absolute atomic E-state index is 1.08. The maximum atomic E-state index is 6.58. The number of fused-ring (bicyclic) bond motifs is 2. The molecule has 0 N–H and O–H groups in total. The van der Waals surface area contributed by atoms with Crippen molar-refractivity contribution in [3.63, 3.8) is 0 Å². The van der Waals surface area contributed by atoms with Gasteiger partial charge in [0.25, 0.3) is 0 Å². The third-order valence-electron chi connectivity index (χ3n) is 8.77. The molecule has 1 atom stereocenters. The molecular weight excluding hydrogens is 703 g/mol. The van der Waals surface area contributed by atoms with Crippen LogP contribution in [0, 0.1) is 6.92 Å². The van der Waals surface area contributed by atoms with Crippen LogP contribution >= 0.6 is 56.5 Å². The van der Waals surface area contributed by atoms with E-state index in [1.807, 2.05) is 34.1 Å². The summed E-state index contributed by atoms with van der Waals surface area (Å²) in [6.45, 7) is 2.17. The lowest BCUT2D eigenvalue weighted by Crippen LogP contribution is -2.05. The van der Waals surface area contributed by atoms with Crippen LogP contribution in [-0.2, 0) is 18.2 Å². The molecule has 6 aromatic carbocycles. The Bertz CT molecular complexity index is 2170. The van der Waals surface area contributed by atoms with Crippen LogP contribution in [0.3, 0.4) is 0 Å². The molecule has 0 spiro atoms. The van der Waals surface area contributed by atoms with Crippen LogP contribution in [-0.4, -0.2) is 6.16 Å². The Hall–Kier alpha value is -2.20. The van der Waals surface area contributed by atoms with Crippen molar-refractivity contribution in [1.29, 1.82) is 0 Å². The van der Waals surface area contributed by atoms with Crippen molar-refractivity contribution in [3.8, 4) is 33.4 Å². The standard InChI is InChI=1S/C40H33P2S5/c1-28-10-6-12-30(22-28)33-23-34(31-13-7-16-36(26-31)41(43)21-9-15-29-11-2-3-18-38(29)45-41)25-35(24-33)32-14-8-17-37(27-32)42(44)46-39-19-4-5-20-40(39)47-42/h2-8,10-14,16-20,22-27,44H,9,15,21H2,1H3/q+1. The highest BCUT2D eigenvalue weighted by Crippen LogP contribution is 2.90. The lowest BCUT2D eigenvalue weighted by atomic mass is 9.93. The summed E-state index contributed by atoms with van der Waals surface area (Å²) in [7, 11) is 0. The van der Waals surface area contributed by atoms with Gasteiger partial charge in [-0.1, -0.05) is 114 Å². The Morgan fingerprint density at radius 1 is 0.596 bits per heavy atom. The van der Waals surface area contributed by atoms with E-state index in [2.05, 4.69) is 146 Å². The van der Waals surface area contributed by atoms with Gasteiger partial charge in [0.1, 0.15) is 5.30 Å². The van der Waals surface area contributed by atoms with Crippen LogP contribution < -0.4 is 10.6 Å². The fourth-order valence-corrected chi connectivity index (χ4v) is 23.3. The van der Waals surface area contributed by atoms with Gasteiger partial charge in [0.05, 0.1) is 32.6 Å². The summed E-state index contributed by atoms with van der Waals surface area (Å²) < 4.78 is 0. The first kappa shape index (κ1) is 32.0. The highest BCUT2D eigenvalue weighted by atomic mass is 33.4. The monoisotopic (exact) mass is 735 g/mol. The molecule has 8 rings (SSSR count). The molecule has 0 aliphatic carbocycles. The highest BCUT2D eigenvalue weighted by molar-refractivity contribution is 9.18. The molecule has 0 nitrogen and oxygen atoms in total. The molecule has 0 bridgehead atoms. The first-order chi connectivity index (χ1) is 22.9. The first-order valence-electron chi connectivity index (χ1n) is 15.8. The van der Waals surface area contributed by atoms with Crippen LogP contribution in [0.25, 0.3) is 33.4 Å². The highest BCUT2D eigenvalue weighted by Gasteiger charge is 2.48. The van der Waals surface area contributed by atoms with E-state index in [-0.39, 0.29) is 0 Å². The molecule has 2 heterocycles. The fourth-order valence-electron chi connectivity index (χ4n) is 6.37. The molecule has 0 aromatic heterocycles. The second-order valence-corrected chi connectivity index (χ2v) is 31.3. The number of aryl methyl sites for hydroxylation is 2. The second kappa shape index (κ2) is 13.3. The van der Waals surface area contributed by atoms with Gasteiger partial charge in [-0.05, 0) is 125 Å². The lowest BCUT2D eigenvalue weighted by molar-refractivity contribution is 0.914. The molecule has 7 heteroatoms. The summed E-state index contributed by atoms with van der Waals surface area (Å²) in [5.74, 6) is 0. The van der Waals surface area contributed by atoms with Crippen LogP contribution in [0.4, 0.5) is 0 Å². The van der Waals surface area contributed by atoms with E-state index >= 15 is 0 Å². The molecule has 232 valence electrons. The molecule has 0 saturated carbocycles. The van der Waals surface area contributed by atoms with Gasteiger partial charge in [-0.25, -0.2) is 0 Å². The molecule has 2 aliphatic rings. The van der Waals surface area contributed by atoms with Gasteiger partial charge in [-0.15, -0.1) is 0 Å². The van der Waals surface area contributed by atoms with Gasteiger partial charge in [0.2, 0.25) is 4.87 Å². The quantitative estimate of drug-likeness (QED) is 0.138. The molecule has 0 saturated heterocycles. The SMILES string of the molecule is Cc1cccc(-c2cc(-c3cccc(P4(=S)CCCc5ccccc5S4)c3)cc(-c3cccc([P+]4(S)Sc5ccccc5S4)c3)c2)c1. The largest absolute Gasteiger partial charge is 0.230 e. The van der Waals surface area contributed by atoms with E-state index in [9.17, 15) is 0 Å². The minimum Gasteiger partial charge on any atom is -0.0833 e. The van der Waals surface area contributed by atoms with Crippen molar-refractivity contribution in [2.24, 2.45) is 0 Å². The Morgan fingerprint density at radius 3 is 1.85 bits per heavy atom. The Kier molecular flexibility index (Phi) is 9.03. The van der Waals surface area contributed by atoms with Gasteiger partial charge < -0.3 is 0 Å². The van der Waals surface area contributed by atoms with Gasteiger partial charge in [0.15, 0.2) is 0 Å². The number of thiol groups is 1. The molecule has 0 radical (unpaired) electrons. The van der Waals surface area contributed by atoms with Gasteiger partial charge in [-0.3, -0.25) is 0 Å². The van der Waals surface area contributed by atoms with Crippen molar-refractivity contribution in [2.45, 2.75) is 34.5 Å². The summed E-state index contributed by atoms with van der Waals surface area (Å²) in [6, 6.07) is 51.7. The van der Waals surface area contributed by atoms with Gasteiger partial charge >= 0.3 is 0 Å². The minimum atomic E-state index is -1.85. The van der Waals surface area contributed by atoms with Crippen molar-refractivity contribution in [1.82, 2.24) is 0 Å². The first-order valence-corrected chi connectivity index (χ1v) is 26.0. The third-order valence-corrected chi connectivity index (χ3v) is 26.2. The zero-order valence-corrected chi connectivity index (χ0v) is 31.8. The van der Waals surface area contributed by atoms with Crippen LogP contribution in [0.15, 0.2) is 154 Å². The van der Waals surface area contributed by atoms with E-state index in [1.54, 1.807) is 0 Å². The van der Waals surface area contributed by atoms with E-state index in [4.69, 9.17) is 24.1 Å². The Morgan fingerprint density at radius 2 is 1.17 bits per heavy atom. The predicted octanol–water partition coefficient (Wildman–Crippen LogP) is 13.0. The Balaban J connectivity index is 1.21. The lowest BCUT2D eigenvalue weighted by Gasteiger charge is -2.21. The number of hydrogen-bond donors (Lipinski definition) is 1. The number of hydrogen-bond acceptors (Lipinski definition) is 5. The Labute approximate surface area is 301 Å². The van der Waals surface area contributed by atoms with E-state index < -0.39 is 10.1 Å². The normalized spacial score (nSPS) is 18.3. The van der Waals surface area contributed by atoms with E-state index in [0.29, 0.717) is 0 Å². The summed E-state index contributed by atoms with van der Waals surface area (Å²) in [4.78, 5) is 2.26. The number of benzene rings is 6. The van der Waals surface area contributed by atoms with Gasteiger partial charge in [0, 0.05) is 22.4 Å². The van der Waals surface area contributed by atoms with Crippen LogP contribution in [0.1, 0.15) is 17.5 Å². The summed E-state index contributed by atoms with van der Waals surface area (Å²) in [5.41, 5.74) is 10.1. The molecule has 0 fully saturated rings. The summed E-state index contributed by atoms with van der Waals surface area (Å²) in [5, 5.41) is 0.798. The molecule has 2 aliphatic heterocycles. The van der Waals surface area contributed by atoms with Gasteiger partial charge in [-0.2, -0.15) is 0 Å².